The highest BCUT2D eigenvalue weighted by Gasteiger charge is 2.47. The van der Waals surface area contributed by atoms with E-state index in [1.54, 1.807) is 12.3 Å². The number of rotatable bonds is 0. The van der Waals surface area contributed by atoms with Crippen LogP contribution in [-0.4, -0.2) is 17.6 Å². The third-order valence-corrected chi connectivity index (χ3v) is 4.08. The Labute approximate surface area is 146 Å². The summed E-state index contributed by atoms with van der Waals surface area (Å²) in [5.74, 6) is 7.59. The Morgan fingerprint density at radius 2 is 2.16 bits per heavy atom. The molecule has 2 aromatic rings. The largest absolute Gasteiger partial charge is 0.462 e. The van der Waals surface area contributed by atoms with E-state index in [-0.39, 0.29) is 11.4 Å². The van der Waals surface area contributed by atoms with Gasteiger partial charge in [-0.2, -0.15) is 0 Å². The van der Waals surface area contributed by atoms with Crippen LogP contribution in [0.4, 0.5) is 0 Å². The molecular formula is C20H18N3O2. The highest BCUT2D eigenvalue weighted by molar-refractivity contribution is 5.76. The van der Waals surface area contributed by atoms with Gasteiger partial charge >= 0.3 is 0 Å². The van der Waals surface area contributed by atoms with E-state index >= 15 is 0 Å². The highest BCUT2D eigenvalue weighted by Crippen LogP contribution is 2.49. The van der Waals surface area contributed by atoms with Crippen molar-refractivity contribution >= 4 is 6.02 Å². The van der Waals surface area contributed by atoms with Crippen molar-refractivity contribution in [2.24, 2.45) is 16.1 Å². The fraction of sp³-hybridized carbons (Fsp3) is 0.300. The van der Waals surface area contributed by atoms with Gasteiger partial charge in [0.05, 0.1) is 5.56 Å². The maximum atomic E-state index is 5.95. The van der Waals surface area contributed by atoms with Crippen molar-refractivity contribution in [1.29, 1.82) is 0 Å². The number of nitrogens with zero attached hydrogens (tertiary/aromatic N) is 2. The Bertz CT molecular complexity index is 947. The lowest BCUT2D eigenvalue weighted by molar-refractivity contribution is 0.262. The first kappa shape index (κ1) is 15.5. The summed E-state index contributed by atoms with van der Waals surface area (Å²) in [5, 5.41) is 0. The van der Waals surface area contributed by atoms with Crippen LogP contribution >= 0.6 is 0 Å². The minimum atomic E-state index is -0.767. The highest BCUT2D eigenvalue weighted by atomic mass is 16.5. The van der Waals surface area contributed by atoms with Crippen molar-refractivity contribution < 1.29 is 9.47 Å². The summed E-state index contributed by atoms with van der Waals surface area (Å²) >= 11 is 0. The van der Waals surface area contributed by atoms with E-state index in [0.717, 1.165) is 16.7 Å². The first-order valence-corrected chi connectivity index (χ1v) is 8.08. The predicted octanol–water partition coefficient (Wildman–Crippen LogP) is 2.97. The maximum Gasteiger partial charge on any atom is 0.283 e. The normalized spacial score (nSPS) is 20.5. The molecule has 125 valence electrons. The lowest BCUT2D eigenvalue weighted by atomic mass is 9.82. The summed E-state index contributed by atoms with van der Waals surface area (Å²) in [7, 11) is 0. The molecule has 0 bridgehead atoms. The number of fused-ring (bicyclic) bond motifs is 4. The van der Waals surface area contributed by atoms with Gasteiger partial charge in [0.1, 0.15) is 12.4 Å². The second-order valence-corrected chi connectivity index (χ2v) is 7.20. The van der Waals surface area contributed by atoms with Gasteiger partial charge in [0, 0.05) is 22.7 Å². The summed E-state index contributed by atoms with van der Waals surface area (Å²) in [6.45, 7) is 6.51. The monoisotopic (exact) mass is 332 g/mol. The van der Waals surface area contributed by atoms with Crippen LogP contribution in [0, 0.1) is 23.3 Å². The molecule has 1 radical (unpaired) electrons. The average Bonchev–Trinajstić information content (AvgIpc) is 2.96. The maximum absolute atomic E-state index is 5.95. The fourth-order valence-corrected chi connectivity index (χ4v) is 2.94. The van der Waals surface area contributed by atoms with Crippen molar-refractivity contribution in [1.82, 2.24) is 4.98 Å². The number of aromatic nitrogens is 1. The Morgan fingerprint density at radius 3 is 2.88 bits per heavy atom. The van der Waals surface area contributed by atoms with Crippen LogP contribution < -0.4 is 10.5 Å². The van der Waals surface area contributed by atoms with Crippen LogP contribution in [-0.2, 0) is 10.3 Å². The van der Waals surface area contributed by atoms with E-state index in [1.807, 2.05) is 18.2 Å². The minimum Gasteiger partial charge on any atom is -0.462 e. The molecule has 3 heterocycles. The van der Waals surface area contributed by atoms with Crippen molar-refractivity contribution in [3.8, 4) is 23.5 Å². The van der Waals surface area contributed by atoms with Crippen LogP contribution in [0.3, 0.4) is 0 Å². The Hall–Kier alpha value is -3.00. The molecule has 0 fully saturated rings. The molecule has 1 spiro atoms. The average molecular weight is 332 g/mol. The molecule has 0 unspecified atom stereocenters. The van der Waals surface area contributed by atoms with E-state index in [1.165, 1.54) is 0 Å². The van der Waals surface area contributed by atoms with Crippen molar-refractivity contribution in [3.05, 3.63) is 53.2 Å². The molecular weight excluding hydrogens is 314 g/mol. The molecule has 2 aliphatic heterocycles. The number of benzene rings is 1. The Morgan fingerprint density at radius 1 is 1.32 bits per heavy atom. The molecule has 2 aliphatic rings. The van der Waals surface area contributed by atoms with Crippen molar-refractivity contribution in [2.75, 3.05) is 6.61 Å². The molecule has 4 rings (SSSR count). The molecule has 0 saturated heterocycles. The van der Waals surface area contributed by atoms with E-state index < -0.39 is 5.54 Å². The zero-order valence-electron chi connectivity index (χ0n) is 14.4. The molecule has 5 heteroatoms. The van der Waals surface area contributed by atoms with E-state index in [4.69, 9.17) is 15.2 Å². The summed E-state index contributed by atoms with van der Waals surface area (Å²) in [5.41, 5.74) is 7.46. The van der Waals surface area contributed by atoms with Crippen LogP contribution in [0.1, 0.15) is 37.5 Å². The van der Waals surface area contributed by atoms with Gasteiger partial charge in [0.15, 0.2) is 5.54 Å². The van der Waals surface area contributed by atoms with Crippen molar-refractivity contribution in [3.63, 3.8) is 0 Å². The lowest BCUT2D eigenvalue weighted by Gasteiger charge is -2.32. The van der Waals surface area contributed by atoms with Crippen LogP contribution in [0.15, 0.2) is 35.5 Å². The third-order valence-electron chi connectivity index (χ3n) is 4.08. The Balaban J connectivity index is 1.90. The van der Waals surface area contributed by atoms with Crippen molar-refractivity contribution in [2.45, 2.75) is 26.3 Å². The second kappa shape index (κ2) is 5.25. The Kier molecular flexibility index (Phi) is 3.26. The van der Waals surface area contributed by atoms with Crippen LogP contribution in [0.5, 0.6) is 11.6 Å². The summed E-state index contributed by atoms with van der Waals surface area (Å²) in [4.78, 5) is 9.06. The molecule has 0 amide bonds. The fourth-order valence-electron chi connectivity index (χ4n) is 2.94. The third kappa shape index (κ3) is 2.60. The van der Waals surface area contributed by atoms with Crippen LogP contribution in [0.25, 0.3) is 0 Å². The SMILES string of the molecule is CC(C)(C)C#Cc1cnc2c(c1)[C@]1(COC(N)=N1)c1c[c]ccc1O2. The van der Waals surface area contributed by atoms with E-state index in [9.17, 15) is 0 Å². The number of pyridine rings is 1. The van der Waals surface area contributed by atoms with E-state index in [0.29, 0.717) is 18.2 Å². The molecule has 0 aliphatic carbocycles. The number of amidine groups is 1. The summed E-state index contributed by atoms with van der Waals surface area (Å²) < 4.78 is 11.5. The molecule has 2 N–H and O–H groups in total. The van der Waals surface area contributed by atoms with Gasteiger partial charge in [-0.25, -0.2) is 9.98 Å². The second-order valence-electron chi connectivity index (χ2n) is 7.20. The number of hydrogen-bond donors (Lipinski definition) is 1. The van der Waals surface area contributed by atoms with Gasteiger partial charge < -0.3 is 15.2 Å². The minimum absolute atomic E-state index is 0.0926. The number of hydrogen-bond acceptors (Lipinski definition) is 5. The van der Waals surface area contributed by atoms with Crippen LogP contribution in [0.2, 0.25) is 0 Å². The molecule has 25 heavy (non-hydrogen) atoms. The standard InChI is InChI=1S/C20H18N3O2/c1-19(2,3)9-8-13-10-15-17(22-11-13)25-16-7-5-4-6-14(16)20(15)12-24-18(21)23-20/h5-7,10-11H,12H2,1-3H3,(H2,21,23)/t20-/m0/s1. The van der Waals surface area contributed by atoms with Gasteiger partial charge in [-0.05, 0) is 45.0 Å². The smallest absolute Gasteiger partial charge is 0.283 e. The predicted molar refractivity (Wildman–Crippen MR) is 94.3 cm³/mol. The van der Waals surface area contributed by atoms with Gasteiger partial charge in [-0.15, -0.1) is 0 Å². The first-order valence-electron chi connectivity index (χ1n) is 8.08. The lowest BCUT2D eigenvalue weighted by Crippen LogP contribution is -2.31. The molecule has 1 atom stereocenters. The molecule has 1 aromatic carbocycles. The number of ether oxygens (including phenoxy) is 2. The van der Waals surface area contributed by atoms with Gasteiger partial charge in [-0.1, -0.05) is 17.9 Å². The first-order chi connectivity index (χ1) is 11.9. The summed E-state index contributed by atoms with van der Waals surface area (Å²) in [6.07, 6.45) is 1.72. The molecule has 0 saturated carbocycles. The molecule has 1 aromatic heterocycles. The van der Waals surface area contributed by atoms with E-state index in [2.05, 4.69) is 48.7 Å². The zero-order valence-corrected chi connectivity index (χ0v) is 14.4. The van der Waals surface area contributed by atoms with Gasteiger partial charge in [0.2, 0.25) is 5.88 Å². The topological polar surface area (TPSA) is 69.7 Å². The van der Waals surface area contributed by atoms with Gasteiger partial charge in [-0.3, -0.25) is 0 Å². The summed E-state index contributed by atoms with van der Waals surface area (Å²) in [6, 6.07) is 10.7. The number of aliphatic imine (C=N–C) groups is 1. The number of nitrogens with two attached hydrogens (primary N) is 1. The van der Waals surface area contributed by atoms with Gasteiger partial charge in [0.25, 0.3) is 6.02 Å². The quantitative estimate of drug-likeness (QED) is 0.753. The molecule has 5 nitrogen and oxygen atoms in total. The zero-order chi connectivity index (χ0) is 17.7.